The quantitative estimate of drug-likeness (QED) is 0.423. The van der Waals surface area contributed by atoms with Gasteiger partial charge in [0.05, 0.1) is 12.8 Å². The Morgan fingerprint density at radius 3 is 2.67 bits per heavy atom. The maximum atomic E-state index is 13.1. The molecule has 0 saturated heterocycles. The Kier molecular flexibility index (Phi) is 4.94. The van der Waals surface area contributed by atoms with Gasteiger partial charge in [0.25, 0.3) is 5.91 Å². The van der Waals surface area contributed by atoms with Gasteiger partial charge >= 0.3 is 0 Å². The van der Waals surface area contributed by atoms with E-state index < -0.39 is 0 Å². The highest BCUT2D eigenvalue weighted by Gasteiger charge is 2.23. The highest BCUT2D eigenvalue weighted by atomic mass is 16.5. The van der Waals surface area contributed by atoms with Gasteiger partial charge in [0.2, 0.25) is 11.8 Å². The molecule has 0 unspecified atom stereocenters. The zero-order valence-corrected chi connectivity index (χ0v) is 17.8. The Balaban J connectivity index is 1.46. The average Bonchev–Trinajstić information content (AvgIpc) is 3.40. The van der Waals surface area contributed by atoms with Gasteiger partial charge in [-0.2, -0.15) is 4.98 Å². The van der Waals surface area contributed by atoms with E-state index in [1.807, 2.05) is 36.4 Å². The van der Waals surface area contributed by atoms with E-state index in [0.29, 0.717) is 34.0 Å². The Morgan fingerprint density at radius 2 is 1.88 bits per heavy atom. The summed E-state index contributed by atoms with van der Waals surface area (Å²) in [5, 5.41) is 11.0. The fourth-order valence-corrected chi connectivity index (χ4v) is 3.52. The molecular weight excluding hydrogens is 422 g/mol. The zero-order chi connectivity index (χ0) is 22.9. The first-order valence-corrected chi connectivity index (χ1v) is 10.0. The molecule has 0 fully saturated rings. The second kappa shape index (κ2) is 8.08. The second-order valence-corrected chi connectivity index (χ2v) is 7.23. The van der Waals surface area contributed by atoms with Crippen molar-refractivity contribution >= 4 is 23.2 Å². The van der Waals surface area contributed by atoms with Crippen molar-refractivity contribution in [3.63, 3.8) is 0 Å². The van der Waals surface area contributed by atoms with Crippen LogP contribution >= 0.6 is 0 Å². The molecule has 3 N–H and O–H groups in total. The maximum Gasteiger partial charge on any atom is 0.261 e. The first-order valence-electron chi connectivity index (χ1n) is 10.0. The third-order valence-electron chi connectivity index (χ3n) is 5.08. The molecule has 0 aliphatic heterocycles. The van der Waals surface area contributed by atoms with Gasteiger partial charge in [-0.1, -0.05) is 35.5 Å². The van der Waals surface area contributed by atoms with Gasteiger partial charge in [-0.3, -0.25) is 4.79 Å². The number of nitrogens with two attached hydrogens (primary N) is 1. The Morgan fingerprint density at radius 1 is 1.06 bits per heavy atom. The summed E-state index contributed by atoms with van der Waals surface area (Å²) in [4.78, 5) is 21.8. The molecule has 0 atom stereocenters. The Bertz CT molecular complexity index is 1470. The largest absolute Gasteiger partial charge is 0.479 e. The zero-order valence-electron chi connectivity index (χ0n) is 17.8. The number of nitrogen functional groups attached to an aromatic ring is 1. The topological polar surface area (TPSA) is 133 Å². The summed E-state index contributed by atoms with van der Waals surface area (Å²) in [5.41, 5.74) is 9.71. The van der Waals surface area contributed by atoms with Gasteiger partial charge in [-0.05, 0) is 31.2 Å². The summed E-state index contributed by atoms with van der Waals surface area (Å²) in [7, 11) is 1.49. The van der Waals surface area contributed by atoms with Crippen molar-refractivity contribution in [2.75, 3.05) is 18.2 Å². The van der Waals surface area contributed by atoms with Crippen molar-refractivity contribution < 1.29 is 14.1 Å². The number of ether oxygens (including phenoxy) is 1. The summed E-state index contributed by atoms with van der Waals surface area (Å²) >= 11 is 0. The number of anilines is 2. The molecule has 0 bridgehead atoms. The number of hydrogen-bond donors (Lipinski definition) is 2. The number of nitrogens with zero attached hydrogens (tertiary/aromatic N) is 5. The van der Waals surface area contributed by atoms with Crippen LogP contribution in [0.1, 0.15) is 16.1 Å². The Hall–Kier alpha value is -4.73. The number of fused-ring (bicyclic) bond motifs is 1. The number of rotatable bonds is 5. The number of amides is 1. The monoisotopic (exact) mass is 441 g/mol. The number of aryl methyl sites for hydroxylation is 1. The number of pyridine rings is 2. The number of aromatic nitrogens is 5. The molecule has 4 heterocycles. The highest BCUT2D eigenvalue weighted by molar-refractivity contribution is 6.09. The fraction of sp³-hybridized carbons (Fsp3) is 0.0870. The molecule has 5 aromatic rings. The molecule has 5 rings (SSSR count). The third-order valence-corrected chi connectivity index (χ3v) is 5.08. The lowest BCUT2D eigenvalue weighted by molar-refractivity contribution is 0.102. The van der Waals surface area contributed by atoms with E-state index in [-0.39, 0.29) is 17.7 Å². The van der Waals surface area contributed by atoms with Gasteiger partial charge < -0.3 is 20.3 Å². The minimum atomic E-state index is -0.375. The first-order chi connectivity index (χ1) is 16.0. The van der Waals surface area contributed by atoms with Crippen molar-refractivity contribution in [2.45, 2.75) is 6.92 Å². The lowest BCUT2D eigenvalue weighted by Crippen LogP contribution is -2.14. The maximum absolute atomic E-state index is 13.1. The van der Waals surface area contributed by atoms with Gasteiger partial charge in [-0.25, -0.2) is 9.50 Å². The molecular formula is C23H19N7O3. The van der Waals surface area contributed by atoms with Crippen LogP contribution in [-0.4, -0.2) is 37.8 Å². The summed E-state index contributed by atoms with van der Waals surface area (Å²) in [6.45, 7) is 1.69. The average molecular weight is 441 g/mol. The minimum Gasteiger partial charge on any atom is -0.479 e. The lowest BCUT2D eigenvalue weighted by atomic mass is 10.1. The van der Waals surface area contributed by atoms with Crippen LogP contribution in [0, 0.1) is 6.92 Å². The highest BCUT2D eigenvalue weighted by Crippen LogP contribution is 2.30. The molecule has 33 heavy (non-hydrogen) atoms. The van der Waals surface area contributed by atoms with Crippen LogP contribution in [0.15, 0.2) is 65.3 Å². The van der Waals surface area contributed by atoms with Crippen LogP contribution < -0.4 is 15.8 Å². The molecule has 0 saturated carbocycles. The van der Waals surface area contributed by atoms with E-state index in [1.54, 1.807) is 35.8 Å². The molecule has 10 heteroatoms. The first kappa shape index (κ1) is 20.2. The van der Waals surface area contributed by atoms with Crippen molar-refractivity contribution in [1.82, 2.24) is 24.7 Å². The normalized spacial score (nSPS) is 11.0. The van der Waals surface area contributed by atoms with Gasteiger partial charge in [0.15, 0.2) is 5.65 Å². The van der Waals surface area contributed by atoms with E-state index in [2.05, 4.69) is 25.5 Å². The summed E-state index contributed by atoms with van der Waals surface area (Å²) < 4.78 is 12.3. The predicted molar refractivity (Wildman–Crippen MR) is 122 cm³/mol. The molecule has 4 aromatic heterocycles. The van der Waals surface area contributed by atoms with Crippen molar-refractivity contribution in [3.05, 3.63) is 72.1 Å². The number of carbonyl (C=O) groups excluding carboxylic acids is 1. The van der Waals surface area contributed by atoms with E-state index >= 15 is 0 Å². The molecule has 0 spiro atoms. The molecule has 1 aromatic carbocycles. The predicted octanol–water partition coefficient (Wildman–Crippen LogP) is 3.60. The van der Waals surface area contributed by atoms with E-state index in [0.717, 1.165) is 11.1 Å². The standard InChI is InChI=1S/C23H19N7O3/c1-13-19(20(29-33-13)14-6-4-3-5-7-14)21(31)25-17-10-9-16(26-22(17)32-2)15-8-11-18-27-23(24)28-30(18)12-15/h3-12H,1-2H3,(H2,24,28)(H,25,31). The van der Waals surface area contributed by atoms with Gasteiger partial charge in [-0.15, -0.1) is 5.10 Å². The van der Waals surface area contributed by atoms with E-state index in [4.69, 9.17) is 15.0 Å². The van der Waals surface area contributed by atoms with Crippen LogP contribution in [0.2, 0.25) is 0 Å². The SMILES string of the molecule is COc1nc(-c2ccc3nc(N)nn3c2)ccc1NC(=O)c1c(-c2ccccc2)noc1C. The van der Waals surface area contributed by atoms with Crippen LogP contribution in [-0.2, 0) is 0 Å². The van der Waals surface area contributed by atoms with Gasteiger partial charge in [0, 0.05) is 17.3 Å². The summed E-state index contributed by atoms with van der Waals surface area (Å²) in [5.74, 6) is 0.486. The van der Waals surface area contributed by atoms with E-state index in [1.165, 1.54) is 7.11 Å². The molecule has 0 aliphatic carbocycles. The Labute approximate surface area is 188 Å². The number of hydrogen-bond acceptors (Lipinski definition) is 8. The number of methoxy groups -OCH3 is 1. The number of nitrogens with one attached hydrogen (secondary N) is 1. The van der Waals surface area contributed by atoms with E-state index in [9.17, 15) is 4.79 Å². The molecule has 10 nitrogen and oxygen atoms in total. The van der Waals surface area contributed by atoms with Gasteiger partial charge in [0.1, 0.15) is 22.7 Å². The minimum absolute atomic E-state index is 0.189. The van der Waals surface area contributed by atoms with Crippen molar-refractivity contribution in [2.24, 2.45) is 0 Å². The van der Waals surface area contributed by atoms with Crippen LogP contribution in [0.5, 0.6) is 5.88 Å². The molecule has 0 aliphatic rings. The van der Waals surface area contributed by atoms with Crippen LogP contribution in [0.4, 0.5) is 11.6 Å². The smallest absolute Gasteiger partial charge is 0.261 e. The second-order valence-electron chi connectivity index (χ2n) is 7.23. The third kappa shape index (κ3) is 3.74. The molecule has 1 amide bonds. The number of carbonyl (C=O) groups is 1. The van der Waals surface area contributed by atoms with Crippen LogP contribution in [0.25, 0.3) is 28.2 Å². The number of benzene rings is 1. The lowest BCUT2D eigenvalue weighted by Gasteiger charge is -2.11. The van der Waals surface area contributed by atoms with Crippen molar-refractivity contribution in [1.29, 1.82) is 0 Å². The summed E-state index contributed by atoms with van der Waals surface area (Å²) in [6, 6.07) is 16.5. The molecule has 0 radical (unpaired) electrons. The van der Waals surface area contributed by atoms with Crippen molar-refractivity contribution in [3.8, 4) is 28.4 Å². The fourth-order valence-electron chi connectivity index (χ4n) is 3.52. The molecule has 164 valence electrons. The van der Waals surface area contributed by atoms with Crippen LogP contribution in [0.3, 0.4) is 0 Å². The summed E-state index contributed by atoms with van der Waals surface area (Å²) in [6.07, 6.45) is 1.77.